The molecule has 1 aliphatic rings. The zero-order chi connectivity index (χ0) is 13.4. The van der Waals surface area contributed by atoms with Gasteiger partial charge in [0, 0.05) is 17.1 Å². The summed E-state index contributed by atoms with van der Waals surface area (Å²) in [5.41, 5.74) is 0. The Morgan fingerprint density at radius 1 is 1.33 bits per heavy atom. The monoisotopic (exact) mass is 368 g/mol. The Balaban J connectivity index is 2.51. The Bertz CT molecular complexity index is 268. The molecule has 0 aliphatic heterocycles. The highest BCUT2D eigenvalue weighted by Crippen LogP contribution is 2.43. The number of allylic oxidation sites excluding steroid dienone is 1. The molecule has 0 bridgehead atoms. The lowest BCUT2D eigenvalue weighted by Crippen LogP contribution is -2.24. The molecule has 0 aromatic heterocycles. The van der Waals surface area contributed by atoms with E-state index in [1.165, 1.54) is 0 Å². The quantitative estimate of drug-likeness (QED) is 0.299. The number of rotatable bonds is 8. The average Bonchev–Trinajstić information content (AvgIpc) is 2.75. The molecule has 18 heavy (non-hydrogen) atoms. The summed E-state index contributed by atoms with van der Waals surface area (Å²) in [6.07, 6.45) is 5.23. The molecule has 1 rings (SSSR count). The van der Waals surface area contributed by atoms with Gasteiger partial charge in [0.2, 0.25) is 0 Å². The van der Waals surface area contributed by atoms with Crippen LogP contribution in [0.4, 0.5) is 0 Å². The maximum absolute atomic E-state index is 9.51. The first-order chi connectivity index (χ1) is 8.78. The third-order valence-electron chi connectivity index (χ3n) is 3.68. The van der Waals surface area contributed by atoms with Crippen molar-refractivity contribution in [1.29, 1.82) is 0 Å². The molecule has 2 N–H and O–H groups in total. The fourth-order valence-electron chi connectivity index (χ4n) is 2.51. The van der Waals surface area contributed by atoms with Crippen molar-refractivity contribution in [3.8, 4) is 0 Å². The van der Waals surface area contributed by atoms with Gasteiger partial charge in [-0.1, -0.05) is 40.2 Å². The first-order valence-electron chi connectivity index (χ1n) is 6.67. The molecule has 0 heterocycles. The van der Waals surface area contributed by atoms with Crippen LogP contribution in [-0.4, -0.2) is 38.2 Å². The van der Waals surface area contributed by atoms with Crippen LogP contribution < -0.4 is 0 Å². The molecule has 1 saturated carbocycles. The van der Waals surface area contributed by atoms with Crippen molar-refractivity contribution < 1.29 is 14.9 Å². The normalized spacial score (nSPS) is 32.6. The predicted molar refractivity (Wildman–Crippen MR) is 84.2 cm³/mol. The molecule has 0 radical (unpaired) electrons. The van der Waals surface area contributed by atoms with E-state index >= 15 is 0 Å². The Morgan fingerprint density at radius 2 is 2.06 bits per heavy atom. The van der Waals surface area contributed by atoms with Gasteiger partial charge in [-0.15, -0.1) is 6.58 Å². The van der Waals surface area contributed by atoms with E-state index in [-0.39, 0.29) is 45.8 Å². The minimum atomic E-state index is -0.176. The van der Waals surface area contributed by atoms with Gasteiger partial charge in [-0.2, -0.15) is 0 Å². The highest BCUT2D eigenvalue weighted by molar-refractivity contribution is 14.2. The van der Waals surface area contributed by atoms with Crippen molar-refractivity contribution in [2.24, 2.45) is 17.8 Å². The number of aliphatic hydroxyl groups excluding tert-OH is 2. The maximum atomic E-state index is 9.51. The summed E-state index contributed by atoms with van der Waals surface area (Å²) in [7, 11) is 0. The van der Waals surface area contributed by atoms with Crippen LogP contribution in [0.5, 0.6) is 0 Å². The summed E-state index contributed by atoms with van der Waals surface area (Å²) < 4.78 is 8.02. The molecule has 0 spiro atoms. The Kier molecular flexibility index (Phi) is 8.30. The molecule has 0 aromatic carbocycles. The minimum absolute atomic E-state index is 0.152. The average molecular weight is 368 g/mol. The summed E-state index contributed by atoms with van der Waals surface area (Å²) in [5, 5.41) is 18.9. The highest BCUT2D eigenvalue weighted by Gasteiger charge is 2.40. The second-order valence-corrected chi connectivity index (χ2v) is 7.61. The van der Waals surface area contributed by atoms with Gasteiger partial charge < -0.3 is 14.9 Å². The number of ether oxygens (including phenoxy) is 1. The predicted octanol–water partition coefficient (Wildman–Crippen LogP) is 2.33. The fourth-order valence-corrected chi connectivity index (χ4v) is 5.52. The number of hydrogen-bond acceptors (Lipinski definition) is 3. The molecule has 1 aliphatic carbocycles. The second-order valence-electron chi connectivity index (χ2n) is 4.78. The first-order valence-corrected chi connectivity index (χ1v) is 9.17. The summed E-state index contributed by atoms with van der Waals surface area (Å²) in [4.78, 5) is 0. The van der Waals surface area contributed by atoms with Crippen molar-refractivity contribution in [2.45, 2.75) is 30.1 Å². The van der Waals surface area contributed by atoms with Crippen LogP contribution in [0.2, 0.25) is 0 Å². The molecular weight excluding hydrogens is 343 g/mol. The molecule has 4 heteroatoms. The van der Waals surface area contributed by atoms with Gasteiger partial charge >= 0.3 is 0 Å². The lowest BCUT2D eigenvalue weighted by molar-refractivity contribution is 0.131. The second kappa shape index (κ2) is 9.18. The van der Waals surface area contributed by atoms with E-state index in [9.17, 15) is 10.2 Å². The number of alkyl halides is 1. The maximum Gasteiger partial charge on any atom is 0.0676 e. The first kappa shape index (κ1) is 16.3. The number of halogens is 1. The van der Waals surface area contributed by atoms with Crippen LogP contribution in [0.3, 0.4) is 0 Å². The van der Waals surface area contributed by atoms with E-state index in [2.05, 4.69) is 13.5 Å². The van der Waals surface area contributed by atoms with Gasteiger partial charge in [0.05, 0.1) is 10.8 Å². The number of unbranched alkanes of at least 4 members (excludes halogenated alkanes) is 1. The van der Waals surface area contributed by atoms with Crippen LogP contribution in [-0.2, 0) is 4.74 Å². The van der Waals surface area contributed by atoms with Gasteiger partial charge in [0.25, 0.3) is 0 Å². The van der Waals surface area contributed by atoms with Gasteiger partial charge in [-0.05, 0) is 30.6 Å². The SMILES string of the molecule is C=C[C@@H]1C[C@H](I=COCCCC)[C@@H](CO)[C@H]1CO. The zero-order valence-electron chi connectivity index (χ0n) is 11.1. The third kappa shape index (κ3) is 4.40. The van der Waals surface area contributed by atoms with E-state index in [1.54, 1.807) is 0 Å². The van der Waals surface area contributed by atoms with E-state index in [4.69, 9.17) is 4.74 Å². The minimum Gasteiger partial charge on any atom is -0.396 e. The van der Waals surface area contributed by atoms with Gasteiger partial charge in [-0.3, -0.25) is 0 Å². The number of hydrogen-bond donors (Lipinski definition) is 2. The molecule has 0 saturated heterocycles. The van der Waals surface area contributed by atoms with Gasteiger partial charge in [-0.25, -0.2) is 0 Å². The van der Waals surface area contributed by atoms with E-state index < -0.39 is 0 Å². The summed E-state index contributed by atoms with van der Waals surface area (Å²) in [6.45, 7) is 7.12. The van der Waals surface area contributed by atoms with Crippen molar-refractivity contribution in [2.75, 3.05) is 19.8 Å². The van der Waals surface area contributed by atoms with Crippen molar-refractivity contribution in [1.82, 2.24) is 0 Å². The topological polar surface area (TPSA) is 49.7 Å². The van der Waals surface area contributed by atoms with Crippen molar-refractivity contribution in [3.05, 3.63) is 12.7 Å². The summed E-state index contributed by atoms with van der Waals surface area (Å²) in [6, 6.07) is 0. The van der Waals surface area contributed by atoms with Crippen LogP contribution >= 0.6 is 20.7 Å². The molecule has 0 amide bonds. The lowest BCUT2D eigenvalue weighted by atomic mass is 9.91. The molecule has 0 unspecified atom stereocenters. The summed E-state index contributed by atoms with van der Waals surface area (Å²) >= 11 is -0.176. The van der Waals surface area contributed by atoms with E-state index in [0.29, 0.717) is 9.84 Å². The largest absolute Gasteiger partial charge is 0.396 e. The van der Waals surface area contributed by atoms with Gasteiger partial charge in [0.15, 0.2) is 0 Å². The smallest absolute Gasteiger partial charge is 0.0676 e. The molecule has 1 fully saturated rings. The molecule has 106 valence electrons. The molecular formula is C14H25IO3. The third-order valence-corrected chi connectivity index (χ3v) is 6.69. The molecule has 4 atom stereocenters. The standard InChI is InChI=1S/C14H25IO3/c1-3-5-6-18-10-15-14-7-11(4-2)12(8-16)13(14)9-17/h4,10-14,16-17H,2-3,5-9H2,1H3/t11-,12+,13+,14+/m1/s1. The van der Waals surface area contributed by atoms with Crippen LogP contribution in [0.1, 0.15) is 26.2 Å². The zero-order valence-corrected chi connectivity index (χ0v) is 13.3. The fraction of sp³-hybridized carbons (Fsp3) is 0.786. The Morgan fingerprint density at radius 3 is 2.61 bits per heavy atom. The van der Waals surface area contributed by atoms with Crippen molar-refractivity contribution >= 4 is 24.9 Å². The van der Waals surface area contributed by atoms with E-state index in [1.807, 2.05) is 10.3 Å². The highest BCUT2D eigenvalue weighted by atomic mass is 127. The van der Waals surface area contributed by atoms with Crippen LogP contribution in [0.25, 0.3) is 0 Å². The van der Waals surface area contributed by atoms with Crippen LogP contribution in [0.15, 0.2) is 12.7 Å². The Hall–Kier alpha value is 0.220. The lowest BCUT2D eigenvalue weighted by Gasteiger charge is -2.20. The van der Waals surface area contributed by atoms with E-state index in [0.717, 1.165) is 25.9 Å². The Labute approximate surface area is 120 Å². The van der Waals surface area contributed by atoms with Crippen LogP contribution in [0, 0.1) is 17.8 Å². The number of aliphatic hydroxyl groups is 2. The van der Waals surface area contributed by atoms with Gasteiger partial charge in [0.1, 0.15) is 0 Å². The molecule has 0 aromatic rings. The molecule has 3 nitrogen and oxygen atoms in total. The summed E-state index contributed by atoms with van der Waals surface area (Å²) in [5.74, 6) is 0.749. The van der Waals surface area contributed by atoms with Crippen molar-refractivity contribution in [3.63, 3.8) is 0 Å².